The molecule has 0 bridgehead atoms. The lowest BCUT2D eigenvalue weighted by atomic mass is 9.94. The fraction of sp³-hybridized carbons (Fsp3) is 0.273. The second kappa shape index (κ2) is 10.2. The van der Waals surface area contributed by atoms with Gasteiger partial charge in [0.1, 0.15) is 0 Å². The van der Waals surface area contributed by atoms with Crippen molar-refractivity contribution in [3.05, 3.63) is 84.4 Å². The van der Waals surface area contributed by atoms with Crippen molar-refractivity contribution < 1.29 is 14.4 Å². The molecule has 0 fully saturated rings. The van der Waals surface area contributed by atoms with Crippen LogP contribution in [0.3, 0.4) is 0 Å². The summed E-state index contributed by atoms with van der Waals surface area (Å²) in [6.07, 6.45) is 3.84. The number of hydrogen-bond acceptors (Lipinski definition) is 3. The van der Waals surface area contributed by atoms with Crippen LogP contribution >= 0.6 is 0 Å². The van der Waals surface area contributed by atoms with Gasteiger partial charge in [-0.25, -0.2) is 4.79 Å². The summed E-state index contributed by atoms with van der Waals surface area (Å²) in [6.45, 7) is 6.16. The first-order valence-electron chi connectivity index (χ1n) is 8.92. The number of hydroxylamine groups is 2. The average Bonchev–Trinajstić information content (AvgIpc) is 2.70. The van der Waals surface area contributed by atoms with Crippen molar-refractivity contribution in [2.24, 2.45) is 0 Å². The Morgan fingerprint density at radius 2 is 1.69 bits per heavy atom. The Hall–Kier alpha value is -2.88. The maximum absolute atomic E-state index is 13.1. The molecule has 1 amide bonds. The highest BCUT2D eigenvalue weighted by Crippen LogP contribution is 2.23. The number of amides is 1. The third-order valence-corrected chi connectivity index (χ3v) is 4.07. The lowest BCUT2D eigenvalue weighted by Gasteiger charge is -2.25. The summed E-state index contributed by atoms with van der Waals surface area (Å²) in [5.74, 6) is -1.18. The molecular formula is C22H25NO3. The van der Waals surface area contributed by atoms with Crippen molar-refractivity contribution in [1.29, 1.82) is 0 Å². The standard InChI is InChI=1S/C22H25NO3/c1-3-5-17-23(26-22(25)19-15-10-7-11-16-19)21(24)20(12-4-2)18-13-8-6-9-14-18/h4,6-11,13-16,20H,2-3,5,12,17H2,1H3. The lowest BCUT2D eigenvalue weighted by Crippen LogP contribution is -2.38. The van der Waals surface area contributed by atoms with Crippen molar-refractivity contribution in [3.63, 3.8) is 0 Å². The number of unbranched alkanes of at least 4 members (excludes halogenated alkanes) is 1. The molecule has 0 radical (unpaired) electrons. The quantitative estimate of drug-likeness (QED) is 0.509. The molecular weight excluding hydrogens is 326 g/mol. The van der Waals surface area contributed by atoms with E-state index in [1.54, 1.807) is 30.3 Å². The van der Waals surface area contributed by atoms with E-state index >= 15 is 0 Å². The van der Waals surface area contributed by atoms with E-state index in [-0.39, 0.29) is 5.91 Å². The van der Waals surface area contributed by atoms with Crippen molar-refractivity contribution in [3.8, 4) is 0 Å². The summed E-state index contributed by atoms with van der Waals surface area (Å²) in [4.78, 5) is 31.0. The molecule has 2 aromatic carbocycles. The highest BCUT2D eigenvalue weighted by atomic mass is 16.7. The van der Waals surface area contributed by atoms with E-state index in [0.29, 0.717) is 18.5 Å². The number of benzene rings is 2. The zero-order valence-electron chi connectivity index (χ0n) is 15.1. The second-order valence-corrected chi connectivity index (χ2v) is 6.03. The Bertz CT molecular complexity index is 713. The van der Waals surface area contributed by atoms with Crippen LogP contribution in [-0.2, 0) is 9.63 Å². The van der Waals surface area contributed by atoms with Crippen molar-refractivity contribution in [1.82, 2.24) is 5.06 Å². The number of allylic oxidation sites excluding steroid dienone is 1. The zero-order valence-corrected chi connectivity index (χ0v) is 15.1. The molecule has 0 aliphatic rings. The normalized spacial score (nSPS) is 11.4. The summed E-state index contributed by atoms with van der Waals surface area (Å²) in [7, 11) is 0. The van der Waals surface area contributed by atoms with Crippen LogP contribution in [0, 0.1) is 0 Å². The van der Waals surface area contributed by atoms with Gasteiger partial charge in [-0.3, -0.25) is 4.79 Å². The Kier molecular flexibility index (Phi) is 7.62. The van der Waals surface area contributed by atoms with Crippen LogP contribution in [0.2, 0.25) is 0 Å². The Labute approximate surface area is 155 Å². The summed E-state index contributed by atoms with van der Waals surface area (Å²) in [5, 5.41) is 1.21. The van der Waals surface area contributed by atoms with Crippen LogP contribution in [0.1, 0.15) is 48.0 Å². The van der Waals surface area contributed by atoms with Crippen LogP contribution in [-0.4, -0.2) is 23.5 Å². The number of carbonyl (C=O) groups is 2. The smallest absolute Gasteiger partial charge is 0.333 e. The second-order valence-electron chi connectivity index (χ2n) is 6.03. The van der Waals surface area contributed by atoms with Crippen molar-refractivity contribution in [2.75, 3.05) is 6.54 Å². The lowest BCUT2D eigenvalue weighted by molar-refractivity contribution is -0.169. The molecule has 26 heavy (non-hydrogen) atoms. The van der Waals surface area contributed by atoms with Crippen LogP contribution in [0.15, 0.2) is 73.3 Å². The molecule has 0 saturated carbocycles. The topological polar surface area (TPSA) is 46.6 Å². The fourth-order valence-electron chi connectivity index (χ4n) is 2.63. The van der Waals surface area contributed by atoms with Crippen molar-refractivity contribution >= 4 is 11.9 Å². The first-order chi connectivity index (χ1) is 12.7. The highest BCUT2D eigenvalue weighted by Gasteiger charge is 2.28. The zero-order chi connectivity index (χ0) is 18.8. The van der Waals surface area contributed by atoms with Gasteiger partial charge in [-0.2, -0.15) is 5.06 Å². The Morgan fingerprint density at radius 3 is 2.27 bits per heavy atom. The minimum Gasteiger partial charge on any atom is -0.333 e. The average molecular weight is 351 g/mol. The SMILES string of the molecule is C=CCC(C(=O)N(CCCC)OC(=O)c1ccccc1)c1ccccc1. The first-order valence-corrected chi connectivity index (χ1v) is 8.92. The minimum absolute atomic E-state index is 0.228. The molecule has 0 heterocycles. The van der Waals surface area contributed by atoms with E-state index in [9.17, 15) is 9.59 Å². The van der Waals surface area contributed by atoms with Crippen molar-refractivity contribution in [2.45, 2.75) is 32.1 Å². The number of carbonyl (C=O) groups excluding carboxylic acids is 2. The van der Waals surface area contributed by atoms with Gasteiger partial charge in [-0.1, -0.05) is 68.0 Å². The maximum atomic E-state index is 13.1. The molecule has 2 aromatic rings. The summed E-state index contributed by atoms with van der Waals surface area (Å²) in [6, 6.07) is 18.2. The van der Waals surface area contributed by atoms with Gasteiger partial charge in [-0.05, 0) is 30.5 Å². The first kappa shape index (κ1) is 19.4. The number of nitrogens with zero attached hydrogens (tertiary/aromatic N) is 1. The molecule has 0 aliphatic heterocycles. The highest BCUT2D eigenvalue weighted by molar-refractivity contribution is 5.91. The molecule has 4 heteroatoms. The third kappa shape index (κ3) is 5.31. The largest absolute Gasteiger partial charge is 0.363 e. The fourth-order valence-corrected chi connectivity index (χ4v) is 2.63. The van der Waals surface area contributed by atoms with Gasteiger partial charge in [0.05, 0.1) is 18.0 Å². The van der Waals surface area contributed by atoms with Gasteiger partial charge >= 0.3 is 5.97 Å². The van der Waals surface area contributed by atoms with Crippen LogP contribution in [0.4, 0.5) is 0 Å². The van der Waals surface area contributed by atoms with Gasteiger partial charge < -0.3 is 4.84 Å². The van der Waals surface area contributed by atoms with Gasteiger partial charge in [0, 0.05) is 0 Å². The van der Waals surface area contributed by atoms with E-state index in [1.807, 2.05) is 43.3 Å². The summed E-state index contributed by atoms with van der Waals surface area (Å²) < 4.78 is 0. The monoisotopic (exact) mass is 351 g/mol. The van der Waals surface area contributed by atoms with Gasteiger partial charge in [0.25, 0.3) is 5.91 Å². The van der Waals surface area contributed by atoms with Gasteiger partial charge in [-0.15, -0.1) is 6.58 Å². The number of hydrogen-bond donors (Lipinski definition) is 0. The van der Waals surface area contributed by atoms with Crippen LogP contribution in [0.5, 0.6) is 0 Å². The van der Waals surface area contributed by atoms with E-state index in [1.165, 1.54) is 5.06 Å². The van der Waals surface area contributed by atoms with E-state index in [4.69, 9.17) is 4.84 Å². The molecule has 4 nitrogen and oxygen atoms in total. The van der Waals surface area contributed by atoms with Gasteiger partial charge in [0.15, 0.2) is 0 Å². The molecule has 0 saturated heterocycles. The van der Waals surface area contributed by atoms with E-state index in [0.717, 1.165) is 18.4 Å². The molecule has 0 spiro atoms. The predicted octanol–water partition coefficient (Wildman–Crippen LogP) is 4.75. The molecule has 1 unspecified atom stereocenters. The maximum Gasteiger partial charge on any atom is 0.363 e. The Morgan fingerprint density at radius 1 is 1.08 bits per heavy atom. The predicted molar refractivity (Wildman–Crippen MR) is 102 cm³/mol. The molecule has 2 rings (SSSR count). The van der Waals surface area contributed by atoms with Crippen LogP contribution in [0.25, 0.3) is 0 Å². The third-order valence-electron chi connectivity index (χ3n) is 4.07. The molecule has 0 N–H and O–H groups in total. The summed E-state index contributed by atoms with van der Waals surface area (Å²) >= 11 is 0. The minimum atomic E-state index is -0.527. The van der Waals surface area contributed by atoms with Gasteiger partial charge in [0.2, 0.25) is 0 Å². The molecule has 0 aromatic heterocycles. The van der Waals surface area contributed by atoms with E-state index in [2.05, 4.69) is 6.58 Å². The molecule has 0 aliphatic carbocycles. The van der Waals surface area contributed by atoms with E-state index < -0.39 is 11.9 Å². The molecule has 1 atom stereocenters. The molecule has 136 valence electrons. The van der Waals surface area contributed by atoms with Crippen LogP contribution < -0.4 is 0 Å². The number of rotatable bonds is 8. The Balaban J connectivity index is 2.21. The summed E-state index contributed by atoms with van der Waals surface area (Å²) in [5.41, 5.74) is 1.30.